The van der Waals surface area contributed by atoms with E-state index in [0.717, 1.165) is 37.4 Å². The highest BCUT2D eigenvalue weighted by molar-refractivity contribution is 5.87. The highest BCUT2D eigenvalue weighted by Gasteiger charge is 2.12. The lowest BCUT2D eigenvalue weighted by atomic mass is 10.00. The Morgan fingerprint density at radius 1 is 0.969 bits per heavy atom. The quantitative estimate of drug-likeness (QED) is 0.652. The van der Waals surface area contributed by atoms with Crippen LogP contribution in [0.4, 0.5) is 0 Å². The van der Waals surface area contributed by atoms with Crippen LogP contribution in [-0.4, -0.2) is 42.3 Å². The Morgan fingerprint density at radius 3 is 2.59 bits per heavy atom. The molecule has 0 saturated heterocycles. The van der Waals surface area contributed by atoms with Gasteiger partial charge in [-0.2, -0.15) is 0 Å². The molecule has 1 aliphatic heterocycles. The lowest BCUT2D eigenvalue weighted by molar-refractivity contribution is 0.0697. The van der Waals surface area contributed by atoms with E-state index < -0.39 is 5.97 Å². The molecule has 1 aliphatic rings. The molecule has 0 spiro atoms. The van der Waals surface area contributed by atoms with Crippen molar-refractivity contribution in [1.82, 2.24) is 4.90 Å². The monoisotopic (exact) mass is 431 g/mol. The van der Waals surface area contributed by atoms with Crippen molar-refractivity contribution in [3.63, 3.8) is 0 Å². The van der Waals surface area contributed by atoms with Gasteiger partial charge in [0.1, 0.15) is 12.4 Å². The molecule has 5 nitrogen and oxygen atoms in total. The van der Waals surface area contributed by atoms with Gasteiger partial charge in [-0.15, -0.1) is 0 Å². The van der Waals surface area contributed by atoms with Gasteiger partial charge in [0.15, 0.2) is 0 Å². The minimum Gasteiger partial charge on any atom is -0.491 e. The van der Waals surface area contributed by atoms with E-state index in [1.54, 1.807) is 12.1 Å². The van der Waals surface area contributed by atoms with E-state index >= 15 is 0 Å². The number of benzene rings is 3. The molecule has 5 heteroatoms. The summed E-state index contributed by atoms with van der Waals surface area (Å²) in [5, 5.41) is 9.13. The van der Waals surface area contributed by atoms with Gasteiger partial charge in [-0.1, -0.05) is 54.1 Å². The van der Waals surface area contributed by atoms with Gasteiger partial charge in [-0.3, -0.25) is 4.90 Å². The number of carboxylic acid groups (broad SMARTS) is 1. The summed E-state index contributed by atoms with van der Waals surface area (Å²) in [4.78, 5) is 13.5. The Balaban J connectivity index is 1.55. The fraction of sp³-hybridized carbons (Fsp3) is 0.296. The highest BCUT2D eigenvalue weighted by atomic mass is 16.5. The van der Waals surface area contributed by atoms with E-state index in [1.807, 2.05) is 12.1 Å². The van der Waals surface area contributed by atoms with Crippen molar-refractivity contribution in [3.8, 4) is 5.75 Å². The first kappa shape index (κ1) is 22.1. The third-order valence-corrected chi connectivity index (χ3v) is 5.65. The average Bonchev–Trinajstić information content (AvgIpc) is 2.77. The second kappa shape index (κ2) is 10.4. The van der Waals surface area contributed by atoms with Gasteiger partial charge >= 0.3 is 5.97 Å². The number of rotatable bonds is 3. The van der Waals surface area contributed by atoms with Gasteiger partial charge in [0.25, 0.3) is 0 Å². The highest BCUT2D eigenvalue weighted by Crippen LogP contribution is 2.24. The lowest BCUT2D eigenvalue weighted by Gasteiger charge is -2.23. The molecule has 166 valence electrons. The molecule has 2 bridgehead atoms. The normalized spacial score (nSPS) is 15.3. The van der Waals surface area contributed by atoms with Gasteiger partial charge in [0.05, 0.1) is 18.8 Å². The van der Waals surface area contributed by atoms with Gasteiger partial charge < -0.3 is 14.6 Å². The zero-order chi connectivity index (χ0) is 22.3. The summed E-state index contributed by atoms with van der Waals surface area (Å²) in [5.41, 5.74) is 6.31. The van der Waals surface area contributed by atoms with E-state index in [2.05, 4.69) is 54.3 Å². The number of ether oxygens (including phenoxy) is 2. The van der Waals surface area contributed by atoms with Crippen LogP contribution in [0.25, 0.3) is 0 Å². The first-order chi connectivity index (χ1) is 15.6. The van der Waals surface area contributed by atoms with Crippen LogP contribution in [-0.2, 0) is 24.2 Å². The predicted molar refractivity (Wildman–Crippen MR) is 124 cm³/mol. The molecule has 3 aromatic carbocycles. The Hall–Kier alpha value is -3.15. The first-order valence-corrected chi connectivity index (χ1v) is 11.0. The predicted octanol–water partition coefficient (Wildman–Crippen LogP) is 4.70. The summed E-state index contributed by atoms with van der Waals surface area (Å²) in [6.07, 6.45) is 0.822. The molecule has 0 radical (unpaired) electrons. The van der Waals surface area contributed by atoms with Crippen LogP contribution >= 0.6 is 0 Å². The van der Waals surface area contributed by atoms with Crippen LogP contribution in [0, 0.1) is 6.92 Å². The Bertz CT molecular complexity index is 1060. The SMILES string of the molecule is Cc1ccc2c(c1)Cc1cccc(c1)CN(Cc1ccc(C(=O)O)cc1)CCOCCO2. The molecule has 32 heavy (non-hydrogen) atoms. The molecule has 0 aliphatic carbocycles. The molecule has 1 N–H and O–H groups in total. The van der Waals surface area contributed by atoms with Crippen LogP contribution in [0.1, 0.15) is 38.2 Å². The Kier molecular flexibility index (Phi) is 7.20. The van der Waals surface area contributed by atoms with Crippen molar-refractivity contribution in [3.05, 3.63) is 100 Å². The van der Waals surface area contributed by atoms with Crippen molar-refractivity contribution >= 4 is 5.97 Å². The molecule has 1 heterocycles. The second-order valence-electron chi connectivity index (χ2n) is 8.28. The minimum absolute atomic E-state index is 0.307. The third kappa shape index (κ3) is 5.96. The molecule has 0 unspecified atom stereocenters. The van der Waals surface area contributed by atoms with E-state index in [0.29, 0.717) is 25.4 Å². The maximum absolute atomic E-state index is 11.1. The van der Waals surface area contributed by atoms with Crippen LogP contribution < -0.4 is 4.74 Å². The molecular formula is C27H29NO4. The second-order valence-corrected chi connectivity index (χ2v) is 8.28. The number of nitrogens with zero attached hydrogens (tertiary/aromatic N) is 1. The van der Waals surface area contributed by atoms with Crippen LogP contribution in [0.15, 0.2) is 66.7 Å². The zero-order valence-corrected chi connectivity index (χ0v) is 18.4. The maximum Gasteiger partial charge on any atom is 0.335 e. The number of carboxylic acids is 1. The molecular weight excluding hydrogens is 402 g/mol. The summed E-state index contributed by atoms with van der Waals surface area (Å²) in [6.45, 7) is 6.08. The summed E-state index contributed by atoms with van der Waals surface area (Å²) in [5.74, 6) is 0.0205. The number of fused-ring (bicyclic) bond motifs is 3. The number of aryl methyl sites for hydroxylation is 1. The van der Waals surface area contributed by atoms with E-state index in [4.69, 9.17) is 14.6 Å². The Labute approximate surface area is 189 Å². The van der Waals surface area contributed by atoms with Crippen LogP contribution in [0.3, 0.4) is 0 Å². The summed E-state index contributed by atoms with van der Waals surface area (Å²) >= 11 is 0. The topological polar surface area (TPSA) is 59.0 Å². The number of hydrogen-bond acceptors (Lipinski definition) is 4. The largest absolute Gasteiger partial charge is 0.491 e. The van der Waals surface area contributed by atoms with Crippen molar-refractivity contribution < 1.29 is 19.4 Å². The summed E-state index contributed by atoms with van der Waals surface area (Å²) < 4.78 is 11.9. The van der Waals surface area contributed by atoms with Crippen LogP contribution in [0.5, 0.6) is 5.75 Å². The molecule has 0 fully saturated rings. The lowest BCUT2D eigenvalue weighted by Crippen LogP contribution is -2.27. The summed E-state index contributed by atoms with van der Waals surface area (Å²) in [7, 11) is 0. The van der Waals surface area contributed by atoms with Crippen molar-refractivity contribution in [2.75, 3.05) is 26.4 Å². The molecule has 0 atom stereocenters. The molecule has 0 aromatic heterocycles. The van der Waals surface area contributed by atoms with E-state index in [1.165, 1.54) is 22.3 Å². The molecule has 0 saturated carbocycles. The van der Waals surface area contributed by atoms with E-state index in [9.17, 15) is 4.79 Å². The van der Waals surface area contributed by atoms with Crippen molar-refractivity contribution in [1.29, 1.82) is 0 Å². The third-order valence-electron chi connectivity index (χ3n) is 5.65. The van der Waals surface area contributed by atoms with Crippen molar-refractivity contribution in [2.24, 2.45) is 0 Å². The van der Waals surface area contributed by atoms with Crippen molar-refractivity contribution in [2.45, 2.75) is 26.4 Å². The summed E-state index contributed by atoms with van der Waals surface area (Å²) in [6, 6.07) is 22.1. The molecule has 4 rings (SSSR count). The van der Waals surface area contributed by atoms with Gasteiger partial charge in [0, 0.05) is 26.1 Å². The average molecular weight is 432 g/mol. The smallest absolute Gasteiger partial charge is 0.335 e. The fourth-order valence-corrected chi connectivity index (χ4v) is 4.03. The standard InChI is InChI=1S/C27H29NO4/c1-20-5-10-26-25(15-20)17-22-3-2-4-23(16-22)19-28(11-12-31-13-14-32-26)18-21-6-8-24(9-7-21)27(29)30/h2-10,15-16H,11-14,17-19H2,1H3,(H,29,30). The molecule has 0 amide bonds. The number of carbonyl (C=O) groups is 1. The maximum atomic E-state index is 11.1. The number of hydrogen-bond donors (Lipinski definition) is 1. The zero-order valence-electron chi connectivity index (χ0n) is 18.4. The van der Waals surface area contributed by atoms with Gasteiger partial charge in [-0.05, 0) is 47.4 Å². The number of aromatic carboxylic acids is 1. The van der Waals surface area contributed by atoms with E-state index in [-0.39, 0.29) is 0 Å². The Morgan fingerprint density at radius 2 is 1.78 bits per heavy atom. The fourth-order valence-electron chi connectivity index (χ4n) is 4.03. The van der Waals surface area contributed by atoms with Crippen LogP contribution in [0.2, 0.25) is 0 Å². The molecule has 3 aromatic rings. The van der Waals surface area contributed by atoms with Gasteiger partial charge in [-0.25, -0.2) is 4.79 Å². The first-order valence-electron chi connectivity index (χ1n) is 11.0. The van der Waals surface area contributed by atoms with Gasteiger partial charge in [0.2, 0.25) is 0 Å². The minimum atomic E-state index is -0.904.